The molecule has 0 aromatic carbocycles. The molecule has 1 fully saturated rings. The van der Waals surface area contributed by atoms with E-state index in [0.717, 1.165) is 19.5 Å². The summed E-state index contributed by atoms with van der Waals surface area (Å²) in [5, 5.41) is 0. The average molecular weight is 156 g/mol. The Morgan fingerprint density at radius 1 is 1.82 bits per heavy atom. The molecule has 0 aromatic rings. The Kier molecular flexibility index (Phi) is 2.49. The van der Waals surface area contributed by atoms with Gasteiger partial charge in [0.1, 0.15) is 6.04 Å². The Morgan fingerprint density at radius 3 is 2.82 bits per heavy atom. The molecule has 11 heavy (non-hydrogen) atoms. The molecular formula is C8H16N2O. The van der Waals surface area contributed by atoms with Gasteiger partial charge in [-0.15, -0.1) is 0 Å². The summed E-state index contributed by atoms with van der Waals surface area (Å²) in [7, 11) is 0. The summed E-state index contributed by atoms with van der Waals surface area (Å²) >= 11 is 0. The molecule has 0 saturated carbocycles. The Labute approximate surface area is 67.5 Å². The van der Waals surface area contributed by atoms with Gasteiger partial charge in [0.05, 0.1) is 0 Å². The molecule has 0 bridgehead atoms. The normalized spacial score (nSPS) is 26.6. The number of amides is 1. The topological polar surface area (TPSA) is 46.3 Å². The van der Waals surface area contributed by atoms with E-state index in [1.54, 1.807) is 0 Å². The highest BCUT2D eigenvalue weighted by Crippen LogP contribution is 2.12. The van der Waals surface area contributed by atoms with Gasteiger partial charge in [-0.05, 0) is 5.92 Å². The number of nitrogens with zero attached hydrogens (tertiary/aromatic N) is 1. The quantitative estimate of drug-likeness (QED) is 0.593. The fourth-order valence-corrected chi connectivity index (χ4v) is 1.20. The standard InChI is InChI=1S/C8H16N2O/c1-3-6(2)4-10-5-7(9)8(10)11/h6-7H,3-5,9H2,1-2H3. The van der Waals surface area contributed by atoms with Gasteiger partial charge in [0.2, 0.25) is 5.91 Å². The number of carbonyl (C=O) groups is 1. The van der Waals surface area contributed by atoms with Gasteiger partial charge >= 0.3 is 0 Å². The minimum Gasteiger partial charge on any atom is -0.339 e. The number of carbonyl (C=O) groups excluding carboxylic acids is 1. The molecule has 0 aromatic heterocycles. The minimum atomic E-state index is -0.209. The summed E-state index contributed by atoms with van der Waals surface area (Å²) in [5.74, 6) is 0.719. The second-order valence-corrected chi connectivity index (χ2v) is 3.36. The molecule has 64 valence electrons. The maximum absolute atomic E-state index is 11.0. The first kappa shape index (κ1) is 8.53. The smallest absolute Gasteiger partial charge is 0.241 e. The van der Waals surface area contributed by atoms with E-state index in [-0.39, 0.29) is 11.9 Å². The van der Waals surface area contributed by atoms with Crippen LogP contribution in [0.25, 0.3) is 0 Å². The fourth-order valence-electron chi connectivity index (χ4n) is 1.20. The number of β-lactam (4-membered cyclic amide) rings is 1. The predicted molar refractivity (Wildman–Crippen MR) is 44.0 cm³/mol. The second kappa shape index (κ2) is 3.22. The summed E-state index contributed by atoms with van der Waals surface area (Å²) in [4.78, 5) is 12.8. The van der Waals surface area contributed by atoms with Crippen molar-refractivity contribution in [2.45, 2.75) is 26.3 Å². The van der Waals surface area contributed by atoms with E-state index in [1.807, 2.05) is 4.90 Å². The molecular weight excluding hydrogens is 140 g/mol. The van der Waals surface area contributed by atoms with Gasteiger partial charge in [-0.3, -0.25) is 4.79 Å². The Hall–Kier alpha value is -0.570. The van der Waals surface area contributed by atoms with Crippen molar-refractivity contribution in [3.8, 4) is 0 Å². The highest BCUT2D eigenvalue weighted by atomic mass is 16.2. The maximum Gasteiger partial charge on any atom is 0.241 e. The van der Waals surface area contributed by atoms with Gasteiger partial charge in [-0.2, -0.15) is 0 Å². The lowest BCUT2D eigenvalue weighted by molar-refractivity contribution is -0.143. The van der Waals surface area contributed by atoms with Crippen LogP contribution in [0.4, 0.5) is 0 Å². The molecule has 1 rings (SSSR count). The van der Waals surface area contributed by atoms with Gasteiger partial charge < -0.3 is 10.6 Å². The number of hydrogen-bond acceptors (Lipinski definition) is 2. The van der Waals surface area contributed by atoms with Crippen LogP contribution in [0.15, 0.2) is 0 Å². The first-order valence-electron chi connectivity index (χ1n) is 4.19. The summed E-state index contributed by atoms with van der Waals surface area (Å²) in [5.41, 5.74) is 5.44. The molecule has 1 aliphatic rings. The SMILES string of the molecule is CCC(C)CN1CC(N)C1=O. The zero-order chi connectivity index (χ0) is 8.43. The zero-order valence-electron chi connectivity index (χ0n) is 7.21. The van der Waals surface area contributed by atoms with Gasteiger partial charge in [-0.25, -0.2) is 0 Å². The van der Waals surface area contributed by atoms with Crippen LogP contribution >= 0.6 is 0 Å². The Balaban J connectivity index is 2.25. The summed E-state index contributed by atoms with van der Waals surface area (Å²) < 4.78 is 0. The van der Waals surface area contributed by atoms with Crippen LogP contribution in [0.1, 0.15) is 20.3 Å². The highest BCUT2D eigenvalue weighted by molar-refractivity contribution is 5.87. The number of nitrogens with two attached hydrogens (primary N) is 1. The van der Waals surface area contributed by atoms with Gasteiger partial charge in [-0.1, -0.05) is 20.3 Å². The van der Waals surface area contributed by atoms with Crippen molar-refractivity contribution in [2.75, 3.05) is 13.1 Å². The van der Waals surface area contributed by atoms with Gasteiger partial charge in [0, 0.05) is 13.1 Å². The van der Waals surface area contributed by atoms with Crippen molar-refractivity contribution in [3.05, 3.63) is 0 Å². The highest BCUT2D eigenvalue weighted by Gasteiger charge is 2.33. The van der Waals surface area contributed by atoms with E-state index in [1.165, 1.54) is 0 Å². The fraction of sp³-hybridized carbons (Fsp3) is 0.875. The van der Waals surface area contributed by atoms with Crippen molar-refractivity contribution in [2.24, 2.45) is 11.7 Å². The van der Waals surface area contributed by atoms with Crippen molar-refractivity contribution >= 4 is 5.91 Å². The van der Waals surface area contributed by atoms with Gasteiger partial charge in [0.15, 0.2) is 0 Å². The molecule has 1 aliphatic heterocycles. The number of likely N-dealkylation sites (tertiary alicyclic amines) is 1. The van der Waals surface area contributed by atoms with Crippen LogP contribution in [-0.4, -0.2) is 29.9 Å². The number of hydrogen-bond donors (Lipinski definition) is 1. The van der Waals surface area contributed by atoms with E-state index in [2.05, 4.69) is 13.8 Å². The molecule has 1 heterocycles. The molecule has 2 unspecified atom stereocenters. The third kappa shape index (κ3) is 1.71. The van der Waals surface area contributed by atoms with E-state index >= 15 is 0 Å². The molecule has 1 saturated heterocycles. The van der Waals surface area contributed by atoms with E-state index < -0.39 is 0 Å². The third-order valence-electron chi connectivity index (χ3n) is 2.27. The lowest BCUT2D eigenvalue weighted by atomic mass is 10.0. The van der Waals surface area contributed by atoms with Crippen molar-refractivity contribution < 1.29 is 4.79 Å². The average Bonchev–Trinajstić information content (AvgIpc) is 2.03. The first-order chi connectivity index (χ1) is 5.15. The Bertz CT molecular complexity index is 158. The van der Waals surface area contributed by atoms with Crippen molar-refractivity contribution in [1.82, 2.24) is 4.90 Å². The summed E-state index contributed by atoms with van der Waals surface area (Å²) in [6.07, 6.45) is 1.12. The maximum atomic E-state index is 11.0. The number of rotatable bonds is 3. The molecule has 2 N–H and O–H groups in total. The molecule has 3 nitrogen and oxygen atoms in total. The monoisotopic (exact) mass is 156 g/mol. The van der Waals surface area contributed by atoms with Crippen LogP contribution in [0, 0.1) is 5.92 Å². The van der Waals surface area contributed by atoms with Crippen LogP contribution in [0.3, 0.4) is 0 Å². The van der Waals surface area contributed by atoms with Crippen LogP contribution in [-0.2, 0) is 4.79 Å². The Morgan fingerprint density at radius 2 is 2.45 bits per heavy atom. The summed E-state index contributed by atoms with van der Waals surface area (Å²) in [6.45, 7) is 5.91. The minimum absolute atomic E-state index is 0.116. The van der Waals surface area contributed by atoms with Crippen LogP contribution < -0.4 is 5.73 Å². The largest absolute Gasteiger partial charge is 0.339 e. The first-order valence-corrected chi connectivity index (χ1v) is 4.19. The molecule has 0 radical (unpaired) electrons. The van der Waals surface area contributed by atoms with E-state index in [0.29, 0.717) is 5.92 Å². The lowest BCUT2D eigenvalue weighted by Crippen LogP contribution is -2.61. The van der Waals surface area contributed by atoms with Gasteiger partial charge in [0.25, 0.3) is 0 Å². The zero-order valence-corrected chi connectivity index (χ0v) is 7.21. The molecule has 3 heteroatoms. The van der Waals surface area contributed by atoms with Crippen molar-refractivity contribution in [3.63, 3.8) is 0 Å². The molecule has 0 aliphatic carbocycles. The van der Waals surface area contributed by atoms with Crippen LogP contribution in [0.2, 0.25) is 0 Å². The molecule has 0 spiro atoms. The predicted octanol–water partition coefficient (Wildman–Crippen LogP) is 0.202. The van der Waals surface area contributed by atoms with E-state index in [4.69, 9.17) is 5.73 Å². The molecule has 1 amide bonds. The lowest BCUT2D eigenvalue weighted by Gasteiger charge is -2.37. The third-order valence-corrected chi connectivity index (χ3v) is 2.27. The molecule has 2 atom stereocenters. The second-order valence-electron chi connectivity index (χ2n) is 3.36. The summed E-state index contributed by atoms with van der Waals surface area (Å²) in [6, 6.07) is -0.209. The van der Waals surface area contributed by atoms with Crippen molar-refractivity contribution in [1.29, 1.82) is 0 Å². The van der Waals surface area contributed by atoms with Crippen LogP contribution in [0.5, 0.6) is 0 Å². The van der Waals surface area contributed by atoms with E-state index in [9.17, 15) is 4.79 Å².